The molecule has 0 unspecified atom stereocenters. The molecule has 10 heavy (non-hydrogen) atoms. The van der Waals surface area contributed by atoms with Gasteiger partial charge in [-0.2, -0.15) is 0 Å². The van der Waals surface area contributed by atoms with Crippen LogP contribution in [0.4, 0.5) is 0 Å². The molecule has 0 aliphatic heterocycles. The van der Waals surface area contributed by atoms with Crippen LogP contribution in [-0.2, 0) is 4.79 Å². The van der Waals surface area contributed by atoms with E-state index in [4.69, 9.17) is 5.11 Å². The van der Waals surface area contributed by atoms with Gasteiger partial charge in [-0.05, 0) is 0 Å². The first kappa shape index (κ1) is 8.61. The number of aliphatic hydroxyl groups is 1. The molecule has 0 saturated carbocycles. The Balaban J connectivity index is 4.79. The summed E-state index contributed by atoms with van der Waals surface area (Å²) in [5.74, 6) is -1.30. The molecular weight excluding hydrogens is 138 g/mol. The summed E-state index contributed by atoms with van der Waals surface area (Å²) in [7, 11) is 0. The van der Waals surface area contributed by atoms with Crippen LogP contribution in [0.1, 0.15) is 13.8 Å². The molecule has 0 aliphatic carbocycles. The topological polar surface area (TPSA) is 80.4 Å². The molecule has 0 saturated heterocycles. The number of ketones is 1. The molecule has 0 aromatic rings. The van der Waals surface area contributed by atoms with Gasteiger partial charge in [-0.1, -0.05) is 0 Å². The Hall–Kier alpha value is -1.39. The summed E-state index contributed by atoms with van der Waals surface area (Å²) in [6, 6.07) is 0. The number of nitrogens with zero attached hydrogens (tertiary/aromatic N) is 1. The van der Waals surface area contributed by atoms with Crippen LogP contribution in [0, 0.1) is 10.1 Å². The van der Waals surface area contributed by atoms with Gasteiger partial charge in [0.1, 0.15) is 0 Å². The van der Waals surface area contributed by atoms with Gasteiger partial charge in [-0.15, -0.1) is 0 Å². The number of carbonyl (C=O) groups excluding carboxylic acids is 1. The van der Waals surface area contributed by atoms with Gasteiger partial charge in [-0.25, -0.2) is 0 Å². The highest BCUT2D eigenvalue weighted by Crippen LogP contribution is 2.01. The Labute approximate surface area is 57.1 Å². The SMILES string of the molecule is CC(=O)/C(=C(\C)O)[N+](=O)[O-]. The van der Waals surface area contributed by atoms with Crippen LogP contribution in [0.25, 0.3) is 0 Å². The fourth-order valence-electron chi connectivity index (χ4n) is 0.515. The summed E-state index contributed by atoms with van der Waals surface area (Å²) in [5, 5.41) is 18.5. The maximum Gasteiger partial charge on any atom is 0.348 e. The van der Waals surface area contributed by atoms with Crippen LogP contribution in [0.3, 0.4) is 0 Å². The lowest BCUT2D eigenvalue weighted by molar-refractivity contribution is -0.421. The third-order valence-electron chi connectivity index (χ3n) is 0.859. The van der Waals surface area contributed by atoms with Crippen molar-refractivity contribution in [1.82, 2.24) is 0 Å². The molecule has 0 aromatic carbocycles. The standard InChI is InChI=1S/C5H7NO4/c1-3(7)5(4(2)8)6(9)10/h7H,1-2H3/b5-3-. The molecule has 56 valence electrons. The number of hydrogen-bond acceptors (Lipinski definition) is 4. The van der Waals surface area contributed by atoms with Crippen molar-refractivity contribution in [2.24, 2.45) is 0 Å². The molecule has 0 amide bonds. The normalized spacial score (nSPS) is 12.2. The highest BCUT2D eigenvalue weighted by atomic mass is 16.6. The number of carbonyl (C=O) groups is 1. The summed E-state index contributed by atoms with van der Waals surface area (Å²) in [4.78, 5) is 19.4. The molecule has 0 heterocycles. The summed E-state index contributed by atoms with van der Waals surface area (Å²) >= 11 is 0. The van der Waals surface area contributed by atoms with Crippen molar-refractivity contribution < 1.29 is 14.8 Å². The number of nitro groups is 1. The van der Waals surface area contributed by atoms with E-state index in [2.05, 4.69) is 0 Å². The minimum atomic E-state index is -0.905. The summed E-state index contributed by atoms with van der Waals surface area (Å²) in [6.45, 7) is 2.12. The van der Waals surface area contributed by atoms with Crippen molar-refractivity contribution in [3.63, 3.8) is 0 Å². The van der Waals surface area contributed by atoms with Crippen molar-refractivity contribution in [2.75, 3.05) is 0 Å². The first-order valence-electron chi connectivity index (χ1n) is 2.52. The van der Waals surface area contributed by atoms with Crippen molar-refractivity contribution in [2.45, 2.75) is 13.8 Å². The number of rotatable bonds is 2. The zero-order valence-electron chi connectivity index (χ0n) is 5.62. The predicted octanol–water partition coefficient (Wildman–Crippen LogP) is 0.642. The summed E-state index contributed by atoms with van der Waals surface area (Å²) < 4.78 is 0. The van der Waals surface area contributed by atoms with Gasteiger partial charge in [0.25, 0.3) is 0 Å². The van der Waals surface area contributed by atoms with Gasteiger partial charge >= 0.3 is 5.70 Å². The van der Waals surface area contributed by atoms with Gasteiger partial charge in [0.05, 0.1) is 4.92 Å². The van der Waals surface area contributed by atoms with E-state index in [1.807, 2.05) is 0 Å². The quantitative estimate of drug-likeness (QED) is 0.267. The van der Waals surface area contributed by atoms with E-state index in [0.29, 0.717) is 0 Å². The second-order valence-corrected chi connectivity index (χ2v) is 1.75. The smallest absolute Gasteiger partial charge is 0.348 e. The van der Waals surface area contributed by atoms with E-state index in [-0.39, 0.29) is 0 Å². The Bertz CT molecular complexity index is 186. The summed E-state index contributed by atoms with van der Waals surface area (Å²) in [6.07, 6.45) is 0. The highest BCUT2D eigenvalue weighted by molar-refractivity contribution is 5.91. The Morgan fingerprint density at radius 1 is 1.50 bits per heavy atom. The molecule has 0 bridgehead atoms. The fraction of sp³-hybridized carbons (Fsp3) is 0.400. The Morgan fingerprint density at radius 3 is 1.90 bits per heavy atom. The second-order valence-electron chi connectivity index (χ2n) is 1.75. The van der Waals surface area contributed by atoms with E-state index in [9.17, 15) is 14.9 Å². The second kappa shape index (κ2) is 2.95. The van der Waals surface area contributed by atoms with E-state index in [1.165, 1.54) is 0 Å². The van der Waals surface area contributed by atoms with Crippen LogP contribution in [0.2, 0.25) is 0 Å². The number of aliphatic hydroxyl groups excluding tert-OH is 1. The Morgan fingerprint density at radius 2 is 1.90 bits per heavy atom. The minimum absolute atomic E-state index is 0.558. The van der Waals surface area contributed by atoms with Crippen molar-refractivity contribution in [1.29, 1.82) is 0 Å². The molecule has 0 aliphatic rings. The van der Waals surface area contributed by atoms with Gasteiger partial charge in [0.2, 0.25) is 5.78 Å². The molecule has 0 aromatic heterocycles. The van der Waals surface area contributed by atoms with Crippen molar-refractivity contribution in [3.05, 3.63) is 21.6 Å². The fourth-order valence-corrected chi connectivity index (χ4v) is 0.515. The molecular formula is C5H7NO4. The number of Topliss-reactive ketones (excluding diaryl/α,β-unsaturated/α-hetero) is 1. The lowest BCUT2D eigenvalue weighted by atomic mass is 10.3. The first-order chi connectivity index (χ1) is 4.46. The number of hydrogen-bond donors (Lipinski definition) is 1. The third kappa shape index (κ3) is 1.85. The number of allylic oxidation sites excluding steroid dienone is 2. The zero-order chi connectivity index (χ0) is 8.31. The van der Waals surface area contributed by atoms with E-state index in [0.717, 1.165) is 13.8 Å². The lowest BCUT2D eigenvalue weighted by Gasteiger charge is -1.92. The minimum Gasteiger partial charge on any atom is -0.506 e. The molecule has 0 atom stereocenters. The van der Waals surface area contributed by atoms with Gasteiger partial charge in [-0.3, -0.25) is 14.9 Å². The largest absolute Gasteiger partial charge is 0.506 e. The lowest BCUT2D eigenvalue weighted by Crippen LogP contribution is -2.09. The van der Waals surface area contributed by atoms with Crippen LogP contribution in [-0.4, -0.2) is 15.8 Å². The first-order valence-corrected chi connectivity index (χ1v) is 2.52. The monoisotopic (exact) mass is 145 g/mol. The van der Waals surface area contributed by atoms with Crippen LogP contribution >= 0.6 is 0 Å². The summed E-state index contributed by atoms with van der Waals surface area (Å²) in [5.41, 5.74) is -0.750. The third-order valence-corrected chi connectivity index (χ3v) is 0.859. The average molecular weight is 145 g/mol. The van der Waals surface area contributed by atoms with Gasteiger partial charge in [0, 0.05) is 13.8 Å². The molecule has 5 nitrogen and oxygen atoms in total. The van der Waals surface area contributed by atoms with Crippen LogP contribution in [0.15, 0.2) is 11.5 Å². The van der Waals surface area contributed by atoms with E-state index >= 15 is 0 Å². The molecule has 0 spiro atoms. The van der Waals surface area contributed by atoms with E-state index < -0.39 is 22.2 Å². The highest BCUT2D eigenvalue weighted by Gasteiger charge is 2.20. The van der Waals surface area contributed by atoms with Crippen molar-refractivity contribution >= 4 is 5.78 Å². The van der Waals surface area contributed by atoms with Crippen LogP contribution < -0.4 is 0 Å². The molecule has 0 rings (SSSR count). The predicted molar refractivity (Wildman–Crippen MR) is 33.0 cm³/mol. The maximum absolute atomic E-state index is 10.4. The van der Waals surface area contributed by atoms with E-state index in [1.54, 1.807) is 0 Å². The maximum atomic E-state index is 10.4. The average Bonchev–Trinajstić information content (AvgIpc) is 1.59. The van der Waals surface area contributed by atoms with Crippen LogP contribution in [0.5, 0.6) is 0 Å². The molecule has 0 fully saturated rings. The molecule has 1 N–H and O–H groups in total. The van der Waals surface area contributed by atoms with Gasteiger partial charge in [0.15, 0.2) is 5.76 Å². The van der Waals surface area contributed by atoms with Crippen molar-refractivity contribution in [3.8, 4) is 0 Å². The Kier molecular flexibility index (Phi) is 2.54. The van der Waals surface area contributed by atoms with Gasteiger partial charge < -0.3 is 5.11 Å². The zero-order valence-corrected chi connectivity index (χ0v) is 5.62. The molecule has 0 radical (unpaired) electrons. The molecule has 5 heteroatoms.